The van der Waals surface area contributed by atoms with E-state index in [9.17, 15) is 4.79 Å². The fourth-order valence-electron chi connectivity index (χ4n) is 6.45. The largest absolute Gasteiger partial charge is 0.338 e. The number of amides is 1. The minimum atomic E-state index is -0.851. The molecule has 1 amide bonds. The van der Waals surface area contributed by atoms with Crippen molar-refractivity contribution in [3.05, 3.63) is 215 Å². The predicted molar refractivity (Wildman–Crippen MR) is 176 cm³/mol. The number of benzene rings is 6. The van der Waals surface area contributed by atoms with Gasteiger partial charge in [-0.15, -0.1) is 0 Å². The summed E-state index contributed by atoms with van der Waals surface area (Å²) in [5, 5.41) is 3.57. The highest BCUT2D eigenvalue weighted by Crippen LogP contribution is 2.43. The number of nitrogens with one attached hydrogen (secondary N) is 1. The molecule has 0 heterocycles. The van der Waals surface area contributed by atoms with Crippen LogP contribution in [0.3, 0.4) is 0 Å². The third kappa shape index (κ3) is 5.52. The molecule has 2 heteroatoms. The molecule has 0 fully saturated rings. The number of carbonyl (C=O) groups is 1. The van der Waals surface area contributed by atoms with Crippen LogP contribution in [0, 0.1) is 0 Å². The Bertz CT molecular complexity index is 1530. The van der Waals surface area contributed by atoms with Gasteiger partial charge in [0.2, 0.25) is 5.91 Å². The Hall–Kier alpha value is -5.21. The quantitative estimate of drug-likeness (QED) is 0.167. The average Bonchev–Trinajstić information content (AvgIpc) is 3.10. The van der Waals surface area contributed by atoms with E-state index in [2.05, 4.69) is 115 Å². The second kappa shape index (κ2) is 12.8. The standard InChI is InChI=1S/C41H35NO/c43-39(42-41(36-25-13-4-14-26-36,37-27-15-5-16-28-37)38-29-17-6-18-30-38)31-32-40(33-19-7-1-8-20-33,34-21-9-2-10-22-34)35-23-11-3-12-24-35/h1-30H,31-32H2,(H,42,43). The van der Waals surface area contributed by atoms with Gasteiger partial charge in [-0.05, 0) is 39.8 Å². The van der Waals surface area contributed by atoms with Gasteiger partial charge < -0.3 is 5.32 Å². The van der Waals surface area contributed by atoms with Crippen LogP contribution < -0.4 is 5.32 Å². The van der Waals surface area contributed by atoms with Gasteiger partial charge in [-0.2, -0.15) is 0 Å². The van der Waals surface area contributed by atoms with Crippen molar-refractivity contribution in [1.82, 2.24) is 5.32 Å². The van der Waals surface area contributed by atoms with E-state index in [0.29, 0.717) is 12.8 Å². The highest BCUT2D eigenvalue weighted by atomic mass is 16.1. The lowest BCUT2D eigenvalue weighted by Gasteiger charge is -2.38. The monoisotopic (exact) mass is 557 g/mol. The summed E-state index contributed by atoms with van der Waals surface area (Å²) >= 11 is 0. The summed E-state index contributed by atoms with van der Waals surface area (Å²) in [6.07, 6.45) is 0.929. The van der Waals surface area contributed by atoms with Crippen molar-refractivity contribution in [3.8, 4) is 0 Å². The molecule has 0 aliphatic carbocycles. The zero-order valence-electron chi connectivity index (χ0n) is 24.1. The van der Waals surface area contributed by atoms with Crippen molar-refractivity contribution in [3.63, 3.8) is 0 Å². The molecule has 6 aromatic carbocycles. The lowest BCUT2D eigenvalue weighted by Crippen LogP contribution is -2.48. The van der Waals surface area contributed by atoms with Gasteiger partial charge in [0.1, 0.15) is 5.54 Å². The molecule has 0 atom stereocenters. The summed E-state index contributed by atoms with van der Waals surface area (Å²) in [4.78, 5) is 14.4. The fourth-order valence-corrected chi connectivity index (χ4v) is 6.45. The summed E-state index contributed by atoms with van der Waals surface area (Å²) in [6, 6.07) is 62.6. The van der Waals surface area contributed by atoms with Crippen molar-refractivity contribution < 1.29 is 4.79 Å². The van der Waals surface area contributed by atoms with Crippen molar-refractivity contribution >= 4 is 5.91 Å². The Labute approximate surface area is 254 Å². The zero-order chi connectivity index (χ0) is 29.4. The molecule has 0 radical (unpaired) electrons. The molecule has 0 aliphatic heterocycles. The molecule has 0 bridgehead atoms. The molecule has 210 valence electrons. The van der Waals surface area contributed by atoms with E-state index in [-0.39, 0.29) is 5.91 Å². The predicted octanol–water partition coefficient (Wildman–Crippen LogP) is 8.91. The van der Waals surface area contributed by atoms with E-state index >= 15 is 0 Å². The van der Waals surface area contributed by atoms with Crippen molar-refractivity contribution in [1.29, 1.82) is 0 Å². The molecule has 6 aromatic rings. The molecule has 6 rings (SSSR count). The highest BCUT2D eigenvalue weighted by molar-refractivity contribution is 5.79. The van der Waals surface area contributed by atoms with Crippen LogP contribution in [0.4, 0.5) is 0 Å². The van der Waals surface area contributed by atoms with Gasteiger partial charge in [0.25, 0.3) is 0 Å². The van der Waals surface area contributed by atoms with E-state index < -0.39 is 11.0 Å². The molecule has 1 N–H and O–H groups in total. The number of hydrogen-bond donors (Lipinski definition) is 1. The maximum atomic E-state index is 14.4. The molecule has 2 nitrogen and oxygen atoms in total. The van der Waals surface area contributed by atoms with Gasteiger partial charge in [0.15, 0.2) is 0 Å². The van der Waals surface area contributed by atoms with E-state index in [1.165, 1.54) is 16.7 Å². The molecule has 0 saturated heterocycles. The normalized spacial score (nSPS) is 11.5. The third-order valence-corrected chi connectivity index (χ3v) is 8.47. The first kappa shape index (κ1) is 27.9. The van der Waals surface area contributed by atoms with Gasteiger partial charge in [0.05, 0.1) is 0 Å². The molecule has 0 saturated carbocycles. The third-order valence-electron chi connectivity index (χ3n) is 8.47. The van der Waals surface area contributed by atoms with Crippen LogP contribution in [-0.2, 0) is 15.7 Å². The van der Waals surface area contributed by atoms with Crippen LogP contribution in [0.2, 0.25) is 0 Å². The first-order valence-electron chi connectivity index (χ1n) is 14.9. The Morgan fingerprint density at radius 3 is 0.930 bits per heavy atom. The summed E-state index contributed by atoms with van der Waals surface area (Å²) < 4.78 is 0. The number of rotatable bonds is 10. The second-order valence-corrected chi connectivity index (χ2v) is 10.9. The SMILES string of the molecule is O=C(CCC(c1ccccc1)(c1ccccc1)c1ccccc1)NC(c1ccccc1)(c1ccccc1)c1ccccc1. The lowest BCUT2D eigenvalue weighted by atomic mass is 9.66. The summed E-state index contributed by atoms with van der Waals surface area (Å²) in [7, 11) is 0. The van der Waals surface area contributed by atoms with Crippen LogP contribution in [0.15, 0.2) is 182 Å². The minimum Gasteiger partial charge on any atom is -0.338 e. The van der Waals surface area contributed by atoms with Crippen LogP contribution in [-0.4, -0.2) is 5.91 Å². The van der Waals surface area contributed by atoms with E-state index in [1.54, 1.807) is 0 Å². The molecule has 0 spiro atoms. The maximum Gasteiger partial charge on any atom is 0.221 e. The Morgan fingerprint density at radius 1 is 0.395 bits per heavy atom. The topological polar surface area (TPSA) is 29.1 Å². The van der Waals surface area contributed by atoms with Crippen LogP contribution in [0.25, 0.3) is 0 Å². The highest BCUT2D eigenvalue weighted by Gasteiger charge is 2.40. The first-order valence-corrected chi connectivity index (χ1v) is 14.9. The number of hydrogen-bond acceptors (Lipinski definition) is 1. The zero-order valence-corrected chi connectivity index (χ0v) is 24.1. The second-order valence-electron chi connectivity index (χ2n) is 10.9. The van der Waals surface area contributed by atoms with Gasteiger partial charge >= 0.3 is 0 Å². The van der Waals surface area contributed by atoms with E-state index in [4.69, 9.17) is 0 Å². The Balaban J connectivity index is 1.45. The first-order chi connectivity index (χ1) is 21.2. The Kier molecular flexibility index (Phi) is 8.28. The Morgan fingerprint density at radius 2 is 0.651 bits per heavy atom. The van der Waals surface area contributed by atoms with Crippen LogP contribution >= 0.6 is 0 Å². The van der Waals surface area contributed by atoms with Gasteiger partial charge in [-0.3, -0.25) is 4.79 Å². The molecule has 43 heavy (non-hydrogen) atoms. The smallest absolute Gasteiger partial charge is 0.221 e. The molecular weight excluding hydrogens is 522 g/mol. The van der Waals surface area contributed by atoms with Gasteiger partial charge in [0, 0.05) is 11.8 Å². The molecule has 0 aromatic heterocycles. The van der Waals surface area contributed by atoms with E-state index in [1.807, 2.05) is 72.8 Å². The molecule has 0 aliphatic rings. The van der Waals surface area contributed by atoms with E-state index in [0.717, 1.165) is 16.7 Å². The molecular formula is C41H35NO. The minimum absolute atomic E-state index is 0.0104. The summed E-state index contributed by atoms with van der Waals surface area (Å²) in [6.45, 7) is 0. The lowest BCUT2D eigenvalue weighted by molar-refractivity contribution is -0.122. The maximum absolute atomic E-state index is 14.4. The van der Waals surface area contributed by atoms with Crippen molar-refractivity contribution in [2.24, 2.45) is 0 Å². The summed E-state index contributed by atoms with van der Waals surface area (Å²) in [5.74, 6) is -0.0104. The molecule has 0 unspecified atom stereocenters. The van der Waals surface area contributed by atoms with Crippen LogP contribution in [0.5, 0.6) is 0 Å². The number of carbonyl (C=O) groups excluding carboxylic acids is 1. The van der Waals surface area contributed by atoms with Crippen LogP contribution in [0.1, 0.15) is 46.2 Å². The van der Waals surface area contributed by atoms with Gasteiger partial charge in [-0.25, -0.2) is 0 Å². The average molecular weight is 558 g/mol. The van der Waals surface area contributed by atoms with Gasteiger partial charge in [-0.1, -0.05) is 182 Å². The van der Waals surface area contributed by atoms with Crippen molar-refractivity contribution in [2.75, 3.05) is 0 Å². The van der Waals surface area contributed by atoms with Crippen molar-refractivity contribution in [2.45, 2.75) is 23.8 Å². The summed E-state index contributed by atoms with van der Waals surface area (Å²) in [5.41, 5.74) is 5.19. The fraction of sp³-hybridized carbons (Fsp3) is 0.0976.